The highest BCUT2D eigenvalue weighted by Crippen LogP contribution is 2.26. The van der Waals surface area contributed by atoms with Gasteiger partial charge in [-0.15, -0.1) is 11.3 Å². The summed E-state index contributed by atoms with van der Waals surface area (Å²) in [5, 5.41) is 5.83. The van der Waals surface area contributed by atoms with E-state index in [2.05, 4.69) is 20.2 Å². The van der Waals surface area contributed by atoms with Gasteiger partial charge in [0.05, 0.1) is 0 Å². The molecule has 0 amide bonds. The van der Waals surface area contributed by atoms with Gasteiger partial charge in [-0.3, -0.25) is 9.78 Å². The summed E-state index contributed by atoms with van der Waals surface area (Å²) in [5.41, 5.74) is 9.64. The molecule has 1 fully saturated rings. The van der Waals surface area contributed by atoms with Gasteiger partial charge in [0.15, 0.2) is 10.8 Å². The Bertz CT molecular complexity index is 935. The maximum atomic E-state index is 12.8. The van der Waals surface area contributed by atoms with Crippen LogP contribution in [0.1, 0.15) is 15.4 Å². The number of rotatable bonds is 5. The van der Waals surface area contributed by atoms with E-state index in [-0.39, 0.29) is 12.2 Å². The number of Topliss-reactive ketones (excluding diaryl/α,β-unsaturated/α-hetero) is 1. The fourth-order valence-electron chi connectivity index (χ4n) is 3.16. The second kappa shape index (κ2) is 7.85. The minimum absolute atomic E-state index is 0.0000345. The van der Waals surface area contributed by atoms with Crippen molar-refractivity contribution in [2.24, 2.45) is 0 Å². The molecular weight excluding hydrogens is 358 g/mol. The SMILES string of the molecule is Nc1ccc(-c2ccncc2)cc1CC(=O)c1nc(N2CCNCC2)cs1. The third-order valence-corrected chi connectivity index (χ3v) is 5.55. The van der Waals surface area contributed by atoms with E-state index in [0.717, 1.165) is 48.7 Å². The lowest BCUT2D eigenvalue weighted by Crippen LogP contribution is -2.43. The average molecular weight is 379 g/mol. The van der Waals surface area contributed by atoms with E-state index in [4.69, 9.17) is 5.73 Å². The predicted molar refractivity (Wildman–Crippen MR) is 109 cm³/mol. The van der Waals surface area contributed by atoms with Crippen molar-refractivity contribution in [3.63, 3.8) is 0 Å². The summed E-state index contributed by atoms with van der Waals surface area (Å²) >= 11 is 1.41. The number of nitrogens with two attached hydrogens (primary N) is 1. The Kier molecular flexibility index (Phi) is 5.13. The molecule has 3 aromatic rings. The summed E-state index contributed by atoms with van der Waals surface area (Å²) in [4.78, 5) is 23.6. The van der Waals surface area contributed by atoms with Gasteiger partial charge in [0, 0.05) is 56.1 Å². The molecule has 3 heterocycles. The topological polar surface area (TPSA) is 84.1 Å². The molecule has 1 aliphatic heterocycles. The van der Waals surface area contributed by atoms with Crippen LogP contribution >= 0.6 is 11.3 Å². The minimum atomic E-state index is -0.0000345. The van der Waals surface area contributed by atoms with Crippen molar-refractivity contribution in [3.8, 4) is 11.1 Å². The Morgan fingerprint density at radius 2 is 1.93 bits per heavy atom. The van der Waals surface area contributed by atoms with Crippen molar-refractivity contribution < 1.29 is 4.79 Å². The molecular formula is C20H21N5OS. The molecule has 3 N–H and O–H groups in total. The summed E-state index contributed by atoms with van der Waals surface area (Å²) in [7, 11) is 0. The highest BCUT2D eigenvalue weighted by atomic mass is 32.1. The molecule has 27 heavy (non-hydrogen) atoms. The zero-order valence-electron chi connectivity index (χ0n) is 14.9. The zero-order valence-corrected chi connectivity index (χ0v) is 15.7. The number of carbonyl (C=O) groups is 1. The van der Waals surface area contributed by atoms with Crippen LogP contribution in [0, 0.1) is 0 Å². The lowest BCUT2D eigenvalue weighted by molar-refractivity contribution is 0.0993. The van der Waals surface area contributed by atoms with Crippen molar-refractivity contribution >= 4 is 28.6 Å². The molecule has 0 saturated carbocycles. The number of nitrogen functional groups attached to an aromatic ring is 1. The van der Waals surface area contributed by atoms with Crippen LogP contribution in [0.15, 0.2) is 48.1 Å². The lowest BCUT2D eigenvalue weighted by Gasteiger charge is -2.27. The van der Waals surface area contributed by atoms with Crippen molar-refractivity contribution in [2.45, 2.75) is 6.42 Å². The number of nitrogens with one attached hydrogen (secondary N) is 1. The van der Waals surface area contributed by atoms with Crippen LogP contribution in [0.3, 0.4) is 0 Å². The van der Waals surface area contributed by atoms with E-state index in [1.807, 2.05) is 35.7 Å². The Morgan fingerprint density at radius 1 is 1.15 bits per heavy atom. The molecule has 0 spiro atoms. The molecule has 2 aromatic heterocycles. The van der Waals surface area contributed by atoms with Crippen molar-refractivity contribution in [3.05, 3.63) is 58.7 Å². The standard InChI is InChI=1S/C20H21N5OS/c21-17-2-1-15(14-3-5-22-6-4-14)11-16(17)12-18(26)20-24-19(13-27-20)25-9-7-23-8-10-25/h1-6,11,13,23H,7-10,12,21H2. The first-order valence-electron chi connectivity index (χ1n) is 8.94. The molecule has 0 atom stereocenters. The molecule has 4 rings (SSSR count). The number of piperazine rings is 1. The van der Waals surface area contributed by atoms with Gasteiger partial charge >= 0.3 is 0 Å². The van der Waals surface area contributed by atoms with Gasteiger partial charge in [0.25, 0.3) is 0 Å². The highest BCUT2D eigenvalue weighted by molar-refractivity contribution is 7.12. The second-order valence-electron chi connectivity index (χ2n) is 6.50. The summed E-state index contributed by atoms with van der Waals surface area (Å²) in [5.74, 6) is 0.892. The van der Waals surface area contributed by atoms with E-state index >= 15 is 0 Å². The first kappa shape index (κ1) is 17.6. The van der Waals surface area contributed by atoms with Crippen LogP contribution in [-0.4, -0.2) is 41.9 Å². The van der Waals surface area contributed by atoms with Gasteiger partial charge in [0.1, 0.15) is 5.82 Å². The van der Waals surface area contributed by atoms with E-state index in [1.54, 1.807) is 12.4 Å². The zero-order chi connectivity index (χ0) is 18.6. The first-order valence-corrected chi connectivity index (χ1v) is 9.82. The summed E-state index contributed by atoms with van der Waals surface area (Å²) in [6.07, 6.45) is 3.76. The molecule has 0 bridgehead atoms. The van der Waals surface area contributed by atoms with Crippen LogP contribution in [0.5, 0.6) is 0 Å². The molecule has 7 heteroatoms. The predicted octanol–water partition coefficient (Wildman–Crippen LogP) is 2.62. The van der Waals surface area contributed by atoms with Crippen LogP contribution in [0.4, 0.5) is 11.5 Å². The molecule has 138 valence electrons. The van der Waals surface area contributed by atoms with Gasteiger partial charge in [-0.1, -0.05) is 6.07 Å². The summed E-state index contributed by atoms with van der Waals surface area (Å²) < 4.78 is 0. The van der Waals surface area contributed by atoms with Gasteiger partial charge in [-0.2, -0.15) is 0 Å². The quantitative estimate of drug-likeness (QED) is 0.524. The van der Waals surface area contributed by atoms with Crippen molar-refractivity contribution in [1.29, 1.82) is 0 Å². The van der Waals surface area contributed by atoms with Crippen LogP contribution in [0.2, 0.25) is 0 Å². The maximum absolute atomic E-state index is 12.8. The van der Waals surface area contributed by atoms with Crippen LogP contribution < -0.4 is 16.0 Å². The van der Waals surface area contributed by atoms with Crippen molar-refractivity contribution in [2.75, 3.05) is 36.8 Å². The number of hydrogen-bond acceptors (Lipinski definition) is 7. The van der Waals surface area contributed by atoms with E-state index in [0.29, 0.717) is 10.7 Å². The maximum Gasteiger partial charge on any atom is 0.195 e. The molecule has 6 nitrogen and oxygen atoms in total. The van der Waals surface area contributed by atoms with Gasteiger partial charge in [-0.05, 0) is 41.0 Å². The molecule has 1 aromatic carbocycles. The Morgan fingerprint density at radius 3 is 2.70 bits per heavy atom. The average Bonchev–Trinajstić information content (AvgIpc) is 3.21. The molecule has 0 radical (unpaired) electrons. The number of thiazole rings is 1. The number of pyridine rings is 1. The van der Waals surface area contributed by atoms with Crippen molar-refractivity contribution in [1.82, 2.24) is 15.3 Å². The second-order valence-corrected chi connectivity index (χ2v) is 7.36. The third kappa shape index (κ3) is 3.99. The number of hydrogen-bond donors (Lipinski definition) is 2. The number of benzene rings is 1. The Labute approximate surface area is 162 Å². The van der Waals surface area contributed by atoms with Gasteiger partial charge < -0.3 is 16.0 Å². The van der Waals surface area contributed by atoms with E-state index in [1.165, 1.54) is 11.3 Å². The number of anilines is 2. The van der Waals surface area contributed by atoms with Crippen LogP contribution in [0.25, 0.3) is 11.1 Å². The Balaban J connectivity index is 1.52. The molecule has 1 aliphatic rings. The number of ketones is 1. The smallest absolute Gasteiger partial charge is 0.195 e. The number of aromatic nitrogens is 2. The fraction of sp³-hybridized carbons (Fsp3) is 0.250. The van der Waals surface area contributed by atoms with Gasteiger partial charge in [-0.25, -0.2) is 4.98 Å². The lowest BCUT2D eigenvalue weighted by atomic mass is 10.00. The molecule has 1 saturated heterocycles. The third-order valence-electron chi connectivity index (χ3n) is 4.68. The highest BCUT2D eigenvalue weighted by Gasteiger charge is 2.18. The molecule has 0 aliphatic carbocycles. The van der Waals surface area contributed by atoms with E-state index in [9.17, 15) is 4.79 Å². The molecule has 0 unspecified atom stereocenters. The fourth-order valence-corrected chi connectivity index (χ4v) is 3.93. The number of nitrogens with zero attached hydrogens (tertiary/aromatic N) is 3. The normalized spacial score (nSPS) is 14.3. The van der Waals surface area contributed by atoms with Gasteiger partial charge in [0.2, 0.25) is 0 Å². The largest absolute Gasteiger partial charge is 0.398 e. The summed E-state index contributed by atoms with van der Waals surface area (Å²) in [6, 6.07) is 9.68. The number of carbonyl (C=O) groups excluding carboxylic acids is 1. The Hall–Kier alpha value is -2.77. The monoisotopic (exact) mass is 379 g/mol. The van der Waals surface area contributed by atoms with Crippen LogP contribution in [-0.2, 0) is 6.42 Å². The summed E-state index contributed by atoms with van der Waals surface area (Å²) in [6.45, 7) is 3.72. The minimum Gasteiger partial charge on any atom is -0.398 e. The first-order chi connectivity index (χ1) is 13.2. The van der Waals surface area contributed by atoms with E-state index < -0.39 is 0 Å².